The van der Waals surface area contributed by atoms with E-state index in [1.54, 1.807) is 24.3 Å². The number of likely N-dealkylation sites (tertiary alicyclic amines) is 1. The molecule has 0 radical (unpaired) electrons. The summed E-state index contributed by atoms with van der Waals surface area (Å²) in [6.07, 6.45) is 6.00. The number of carbonyl (C=O) groups is 3. The van der Waals surface area contributed by atoms with Crippen molar-refractivity contribution >= 4 is 17.6 Å². The lowest BCUT2D eigenvalue weighted by molar-refractivity contribution is -0.135. The molecule has 32 heavy (non-hydrogen) atoms. The normalized spacial score (nSPS) is 17.7. The van der Waals surface area contributed by atoms with Crippen LogP contribution in [0.2, 0.25) is 0 Å². The van der Waals surface area contributed by atoms with Crippen LogP contribution < -0.4 is 4.74 Å². The van der Waals surface area contributed by atoms with E-state index in [0.717, 1.165) is 38.1 Å². The van der Waals surface area contributed by atoms with Crippen LogP contribution in [0.5, 0.6) is 5.75 Å². The summed E-state index contributed by atoms with van der Waals surface area (Å²) < 4.78 is 5.54. The van der Waals surface area contributed by atoms with Gasteiger partial charge in [-0.2, -0.15) is 0 Å². The number of hydrogen-bond acceptors (Lipinski definition) is 5. The molecule has 0 aromatic heterocycles. The minimum atomic E-state index is -0.0259. The Bertz CT molecular complexity index is 749. The third kappa shape index (κ3) is 7.33. The number of hydrogen-bond donors (Lipinski definition) is 0. The van der Waals surface area contributed by atoms with Crippen LogP contribution in [0.15, 0.2) is 24.3 Å². The fourth-order valence-corrected chi connectivity index (χ4v) is 4.25. The number of amides is 2. The van der Waals surface area contributed by atoms with Crippen molar-refractivity contribution in [2.24, 2.45) is 0 Å². The molecule has 0 aliphatic carbocycles. The molecule has 0 N–H and O–H groups in total. The summed E-state index contributed by atoms with van der Waals surface area (Å²) in [5, 5.41) is 0. The maximum absolute atomic E-state index is 12.6. The van der Waals surface area contributed by atoms with E-state index in [1.807, 2.05) is 16.7 Å². The van der Waals surface area contributed by atoms with Gasteiger partial charge in [0.2, 0.25) is 11.8 Å². The van der Waals surface area contributed by atoms with Gasteiger partial charge in [0.1, 0.15) is 5.75 Å². The first-order valence-electron chi connectivity index (χ1n) is 12.1. The molecule has 7 nitrogen and oxygen atoms in total. The third-order valence-corrected chi connectivity index (χ3v) is 6.26. The van der Waals surface area contributed by atoms with Crippen LogP contribution in [0.25, 0.3) is 0 Å². The second kappa shape index (κ2) is 12.6. The lowest BCUT2D eigenvalue weighted by atomic mass is 10.1. The number of nitrogens with zero attached hydrogens (tertiary/aromatic N) is 3. The number of benzene rings is 1. The van der Waals surface area contributed by atoms with Crippen molar-refractivity contribution in [1.29, 1.82) is 0 Å². The lowest BCUT2D eigenvalue weighted by Crippen LogP contribution is -2.51. The molecule has 0 atom stereocenters. The summed E-state index contributed by atoms with van der Waals surface area (Å²) >= 11 is 0. The Kier molecular flexibility index (Phi) is 9.53. The standard InChI is InChI=1S/C25H37N3O4/c1-2-19-32-22-9-7-21(8-10-22)23(29)11-12-24(30)28-17-15-26(16-18-28)20-25(31)27-13-5-3-4-6-14-27/h7-10H,2-6,11-20H2,1H3. The van der Waals surface area contributed by atoms with Crippen LogP contribution in [0.1, 0.15) is 62.2 Å². The van der Waals surface area contributed by atoms with Crippen LogP contribution in [0.3, 0.4) is 0 Å². The van der Waals surface area contributed by atoms with E-state index in [2.05, 4.69) is 4.90 Å². The minimum Gasteiger partial charge on any atom is -0.494 e. The van der Waals surface area contributed by atoms with Crippen LogP contribution in [-0.2, 0) is 9.59 Å². The fourth-order valence-electron chi connectivity index (χ4n) is 4.25. The van der Waals surface area contributed by atoms with Gasteiger partial charge in [0, 0.05) is 57.7 Å². The molecular formula is C25H37N3O4. The van der Waals surface area contributed by atoms with Gasteiger partial charge >= 0.3 is 0 Å². The number of ether oxygens (including phenoxy) is 1. The van der Waals surface area contributed by atoms with Crippen molar-refractivity contribution in [3.8, 4) is 5.75 Å². The Hall–Kier alpha value is -2.41. The molecule has 1 aromatic rings. The van der Waals surface area contributed by atoms with Gasteiger partial charge in [-0.25, -0.2) is 0 Å². The van der Waals surface area contributed by atoms with Gasteiger partial charge in [0.25, 0.3) is 0 Å². The van der Waals surface area contributed by atoms with Gasteiger partial charge in [0.15, 0.2) is 5.78 Å². The fraction of sp³-hybridized carbons (Fsp3) is 0.640. The highest BCUT2D eigenvalue weighted by Crippen LogP contribution is 2.15. The zero-order chi connectivity index (χ0) is 22.8. The van der Waals surface area contributed by atoms with Crippen molar-refractivity contribution < 1.29 is 19.1 Å². The zero-order valence-electron chi connectivity index (χ0n) is 19.4. The molecule has 176 valence electrons. The van der Waals surface area contributed by atoms with Crippen molar-refractivity contribution in [2.75, 3.05) is 52.4 Å². The van der Waals surface area contributed by atoms with Gasteiger partial charge in [-0.05, 0) is 43.5 Å². The second-order valence-electron chi connectivity index (χ2n) is 8.75. The van der Waals surface area contributed by atoms with Crippen molar-refractivity contribution in [3.63, 3.8) is 0 Å². The molecule has 2 amide bonds. The van der Waals surface area contributed by atoms with Crippen LogP contribution in [0.4, 0.5) is 0 Å². The summed E-state index contributed by atoms with van der Waals surface area (Å²) in [7, 11) is 0. The monoisotopic (exact) mass is 443 g/mol. The lowest BCUT2D eigenvalue weighted by Gasteiger charge is -2.35. The summed E-state index contributed by atoms with van der Waals surface area (Å²) in [6, 6.07) is 7.13. The average Bonchev–Trinajstić information content (AvgIpc) is 3.11. The molecule has 0 spiro atoms. The van der Waals surface area contributed by atoms with Crippen LogP contribution >= 0.6 is 0 Å². The van der Waals surface area contributed by atoms with Gasteiger partial charge in [-0.3, -0.25) is 19.3 Å². The largest absolute Gasteiger partial charge is 0.494 e. The van der Waals surface area contributed by atoms with Gasteiger partial charge in [-0.15, -0.1) is 0 Å². The Labute approximate surface area is 191 Å². The molecule has 2 heterocycles. The Balaban J connectivity index is 1.36. The van der Waals surface area contributed by atoms with E-state index in [1.165, 1.54) is 12.8 Å². The van der Waals surface area contributed by atoms with Gasteiger partial charge in [-0.1, -0.05) is 19.8 Å². The van der Waals surface area contributed by atoms with Crippen molar-refractivity contribution in [2.45, 2.75) is 51.9 Å². The van der Waals surface area contributed by atoms with Crippen LogP contribution in [0, 0.1) is 0 Å². The highest BCUT2D eigenvalue weighted by molar-refractivity contribution is 5.98. The summed E-state index contributed by atoms with van der Waals surface area (Å²) in [4.78, 5) is 43.6. The molecule has 2 aliphatic rings. The molecule has 2 saturated heterocycles. The zero-order valence-corrected chi connectivity index (χ0v) is 19.4. The predicted octanol–water partition coefficient (Wildman–Crippen LogP) is 2.99. The number of ketones is 1. The first-order chi connectivity index (χ1) is 15.6. The van der Waals surface area contributed by atoms with E-state index in [0.29, 0.717) is 44.9 Å². The molecule has 2 aliphatic heterocycles. The van der Waals surface area contributed by atoms with E-state index >= 15 is 0 Å². The summed E-state index contributed by atoms with van der Waals surface area (Å²) in [5.41, 5.74) is 0.610. The molecule has 2 fully saturated rings. The number of carbonyl (C=O) groups excluding carboxylic acids is 3. The van der Waals surface area contributed by atoms with Gasteiger partial charge in [0.05, 0.1) is 13.2 Å². The number of rotatable bonds is 9. The Morgan fingerprint density at radius 2 is 1.41 bits per heavy atom. The summed E-state index contributed by atoms with van der Waals surface area (Å²) in [5.74, 6) is 0.955. The van der Waals surface area contributed by atoms with E-state index in [9.17, 15) is 14.4 Å². The smallest absolute Gasteiger partial charge is 0.236 e. The molecule has 7 heteroatoms. The molecule has 0 unspecified atom stereocenters. The predicted molar refractivity (Wildman–Crippen MR) is 124 cm³/mol. The highest BCUT2D eigenvalue weighted by atomic mass is 16.5. The number of Topliss-reactive ketones (excluding diaryl/α,β-unsaturated/α-hetero) is 1. The van der Waals surface area contributed by atoms with Gasteiger partial charge < -0.3 is 14.5 Å². The maximum atomic E-state index is 12.6. The first-order valence-corrected chi connectivity index (χ1v) is 12.1. The van der Waals surface area contributed by atoms with Crippen molar-refractivity contribution in [1.82, 2.24) is 14.7 Å². The minimum absolute atomic E-state index is 0.0137. The molecule has 3 rings (SSSR count). The topological polar surface area (TPSA) is 70.2 Å². The SMILES string of the molecule is CCCOc1ccc(C(=O)CCC(=O)N2CCN(CC(=O)N3CCCCCC3)CC2)cc1. The number of piperazine rings is 1. The third-order valence-electron chi connectivity index (χ3n) is 6.26. The van der Waals surface area contributed by atoms with Crippen LogP contribution in [-0.4, -0.2) is 84.7 Å². The summed E-state index contributed by atoms with van der Waals surface area (Å²) in [6.45, 7) is 7.54. The van der Waals surface area contributed by atoms with E-state index in [4.69, 9.17) is 4.74 Å². The molecule has 0 saturated carbocycles. The Morgan fingerprint density at radius 3 is 2.03 bits per heavy atom. The average molecular weight is 444 g/mol. The molecular weight excluding hydrogens is 406 g/mol. The Morgan fingerprint density at radius 1 is 0.781 bits per heavy atom. The first kappa shape index (κ1) is 24.2. The molecule has 0 bridgehead atoms. The maximum Gasteiger partial charge on any atom is 0.236 e. The van der Waals surface area contributed by atoms with E-state index < -0.39 is 0 Å². The highest BCUT2D eigenvalue weighted by Gasteiger charge is 2.24. The second-order valence-corrected chi connectivity index (χ2v) is 8.75. The molecule has 1 aromatic carbocycles. The van der Waals surface area contributed by atoms with E-state index in [-0.39, 0.29) is 30.4 Å². The van der Waals surface area contributed by atoms with Crippen molar-refractivity contribution in [3.05, 3.63) is 29.8 Å². The quantitative estimate of drug-likeness (QED) is 0.549.